The second kappa shape index (κ2) is 3.33. The molecule has 0 nitrogen and oxygen atoms in total. The monoisotopic (exact) mass is 153 g/mol. The third kappa shape index (κ3) is 2.54. The van der Waals surface area contributed by atoms with Crippen LogP contribution in [0.2, 0.25) is 0 Å². The van der Waals surface area contributed by atoms with E-state index in [0.717, 1.165) is 0 Å². The molecule has 0 atom stereocenters. The highest BCUT2D eigenvalue weighted by Gasteiger charge is 1.88. The Morgan fingerprint density at radius 2 is 2.09 bits per heavy atom. The summed E-state index contributed by atoms with van der Waals surface area (Å²) in [7, 11) is 0. The van der Waals surface area contributed by atoms with Crippen molar-refractivity contribution in [2.45, 2.75) is 13.8 Å². The normalized spacial score (nSPS) is 16.9. The standard InChI is InChI=1S/C10H11F/c1-8(2)7-9-3-5-10(11)6-4-9/h3-7H,1-2H3/i1D3/b8-7-. The molecule has 0 aliphatic rings. The Morgan fingerprint density at radius 1 is 1.45 bits per heavy atom. The molecule has 0 heterocycles. The first-order valence-corrected chi connectivity index (χ1v) is 3.34. The van der Waals surface area contributed by atoms with Gasteiger partial charge in [-0.25, -0.2) is 4.39 Å². The molecule has 0 saturated carbocycles. The first-order chi connectivity index (χ1) is 6.39. The molecule has 58 valence electrons. The van der Waals surface area contributed by atoms with Gasteiger partial charge >= 0.3 is 0 Å². The second-order valence-corrected chi connectivity index (χ2v) is 2.38. The molecule has 0 aromatic heterocycles. The Hall–Kier alpha value is -1.11. The summed E-state index contributed by atoms with van der Waals surface area (Å²) in [4.78, 5) is 0. The van der Waals surface area contributed by atoms with Crippen molar-refractivity contribution in [3.05, 3.63) is 41.2 Å². The molecule has 0 radical (unpaired) electrons. The van der Waals surface area contributed by atoms with Gasteiger partial charge in [-0.15, -0.1) is 0 Å². The van der Waals surface area contributed by atoms with Crippen molar-refractivity contribution in [1.82, 2.24) is 0 Å². The number of hydrogen-bond acceptors (Lipinski definition) is 0. The molecule has 0 fully saturated rings. The third-order valence-corrected chi connectivity index (χ3v) is 1.25. The lowest BCUT2D eigenvalue weighted by molar-refractivity contribution is 0.628. The van der Waals surface area contributed by atoms with E-state index in [1.807, 2.05) is 0 Å². The van der Waals surface area contributed by atoms with E-state index in [4.69, 9.17) is 4.11 Å². The first kappa shape index (κ1) is 4.70. The van der Waals surface area contributed by atoms with Gasteiger partial charge in [0, 0.05) is 4.11 Å². The fourth-order valence-corrected chi connectivity index (χ4v) is 0.809. The van der Waals surface area contributed by atoms with E-state index in [2.05, 4.69) is 0 Å². The maximum Gasteiger partial charge on any atom is 0.123 e. The highest BCUT2D eigenvalue weighted by atomic mass is 19.1. The number of rotatable bonds is 1. The van der Waals surface area contributed by atoms with Crippen molar-refractivity contribution in [2.75, 3.05) is 0 Å². The van der Waals surface area contributed by atoms with E-state index in [-0.39, 0.29) is 5.82 Å². The molecule has 1 heteroatoms. The van der Waals surface area contributed by atoms with Gasteiger partial charge in [0.1, 0.15) is 5.82 Å². The maximum atomic E-state index is 12.5. The Balaban J connectivity index is 2.93. The first-order valence-electron chi connectivity index (χ1n) is 4.84. The van der Waals surface area contributed by atoms with Crippen LogP contribution in [0.5, 0.6) is 0 Å². The minimum Gasteiger partial charge on any atom is -0.207 e. The van der Waals surface area contributed by atoms with Gasteiger partial charge in [-0.2, -0.15) is 0 Å². The van der Waals surface area contributed by atoms with Crippen molar-refractivity contribution in [3.8, 4) is 0 Å². The highest BCUT2D eigenvalue weighted by molar-refractivity contribution is 5.51. The fourth-order valence-electron chi connectivity index (χ4n) is 0.809. The SMILES string of the molecule is [2H]C([2H])([2H])/C(C)=C/c1ccc(F)cc1. The summed E-state index contributed by atoms with van der Waals surface area (Å²) in [5.41, 5.74) is 0.990. The topological polar surface area (TPSA) is 0 Å². The lowest BCUT2D eigenvalue weighted by Gasteiger charge is -1.93. The van der Waals surface area contributed by atoms with E-state index in [1.165, 1.54) is 25.1 Å². The van der Waals surface area contributed by atoms with Crippen LogP contribution in [0.25, 0.3) is 6.08 Å². The minimum absolute atomic E-state index is 0.295. The lowest BCUT2D eigenvalue weighted by Crippen LogP contribution is -1.74. The van der Waals surface area contributed by atoms with Crippen LogP contribution in [0.4, 0.5) is 4.39 Å². The van der Waals surface area contributed by atoms with Crippen LogP contribution in [0.3, 0.4) is 0 Å². The van der Waals surface area contributed by atoms with Gasteiger partial charge in [-0.3, -0.25) is 0 Å². The van der Waals surface area contributed by atoms with Crippen LogP contribution in [-0.4, -0.2) is 0 Å². The molecular weight excluding hydrogens is 139 g/mol. The molecular formula is C10H11F. The van der Waals surface area contributed by atoms with Crippen LogP contribution >= 0.6 is 0 Å². The molecule has 1 aromatic rings. The number of allylic oxidation sites excluding steroid dienone is 1. The Labute approximate surface area is 70.6 Å². The number of halogens is 1. The number of benzene rings is 1. The third-order valence-electron chi connectivity index (χ3n) is 1.25. The largest absolute Gasteiger partial charge is 0.207 e. The average molecular weight is 153 g/mol. The van der Waals surface area contributed by atoms with Crippen molar-refractivity contribution in [2.24, 2.45) is 0 Å². The van der Waals surface area contributed by atoms with E-state index in [1.54, 1.807) is 12.1 Å². The van der Waals surface area contributed by atoms with Crippen molar-refractivity contribution in [1.29, 1.82) is 0 Å². The molecule has 1 rings (SSSR count). The zero-order chi connectivity index (χ0) is 10.8. The van der Waals surface area contributed by atoms with E-state index in [0.29, 0.717) is 11.1 Å². The summed E-state index contributed by atoms with van der Waals surface area (Å²) >= 11 is 0. The molecule has 0 bridgehead atoms. The molecule has 1 aromatic carbocycles. The van der Waals surface area contributed by atoms with Crippen LogP contribution in [-0.2, 0) is 0 Å². The molecule has 0 aliphatic carbocycles. The fraction of sp³-hybridized carbons (Fsp3) is 0.200. The van der Waals surface area contributed by atoms with Crippen LogP contribution in [0, 0.1) is 5.82 Å². The molecule has 0 saturated heterocycles. The zero-order valence-electron chi connectivity index (χ0n) is 9.26. The quantitative estimate of drug-likeness (QED) is 0.581. The summed E-state index contributed by atoms with van der Waals surface area (Å²) in [5.74, 6) is -0.325. The molecule has 0 amide bonds. The van der Waals surface area contributed by atoms with Gasteiger partial charge in [-0.05, 0) is 31.5 Å². The van der Waals surface area contributed by atoms with E-state index >= 15 is 0 Å². The molecule has 0 spiro atoms. The summed E-state index contributed by atoms with van der Waals surface area (Å²) < 4.78 is 33.9. The summed E-state index contributed by atoms with van der Waals surface area (Å²) in [6.45, 7) is -0.537. The van der Waals surface area contributed by atoms with Gasteiger partial charge in [0.05, 0.1) is 0 Å². The van der Waals surface area contributed by atoms with Crippen LogP contribution in [0.15, 0.2) is 29.8 Å². The predicted molar refractivity (Wildman–Crippen MR) is 45.7 cm³/mol. The zero-order valence-corrected chi connectivity index (χ0v) is 6.26. The van der Waals surface area contributed by atoms with Crippen molar-refractivity contribution >= 4 is 6.08 Å². The molecule has 0 aliphatic heterocycles. The summed E-state index contributed by atoms with van der Waals surface area (Å²) in [5, 5.41) is 0. The summed E-state index contributed by atoms with van der Waals surface area (Å²) in [6.07, 6.45) is 1.53. The second-order valence-electron chi connectivity index (χ2n) is 2.38. The Bertz CT molecular complexity index is 335. The van der Waals surface area contributed by atoms with Crippen molar-refractivity contribution < 1.29 is 8.50 Å². The van der Waals surface area contributed by atoms with Crippen LogP contribution in [0.1, 0.15) is 23.5 Å². The van der Waals surface area contributed by atoms with Gasteiger partial charge in [-0.1, -0.05) is 23.8 Å². The highest BCUT2D eigenvalue weighted by Crippen LogP contribution is 2.06. The Morgan fingerprint density at radius 3 is 2.64 bits per heavy atom. The van der Waals surface area contributed by atoms with Gasteiger partial charge < -0.3 is 0 Å². The van der Waals surface area contributed by atoms with Crippen molar-refractivity contribution in [3.63, 3.8) is 0 Å². The molecule has 11 heavy (non-hydrogen) atoms. The van der Waals surface area contributed by atoms with E-state index in [9.17, 15) is 4.39 Å². The van der Waals surface area contributed by atoms with E-state index < -0.39 is 6.85 Å². The smallest absolute Gasteiger partial charge is 0.123 e. The molecule has 0 N–H and O–H groups in total. The maximum absolute atomic E-state index is 12.5. The molecule has 0 unspecified atom stereocenters. The van der Waals surface area contributed by atoms with Gasteiger partial charge in [0.2, 0.25) is 0 Å². The van der Waals surface area contributed by atoms with Gasteiger partial charge in [0.25, 0.3) is 0 Å². The number of hydrogen-bond donors (Lipinski definition) is 0. The average Bonchev–Trinajstić information content (AvgIpc) is 2.07. The summed E-state index contributed by atoms with van der Waals surface area (Å²) in [6, 6.07) is 5.70. The van der Waals surface area contributed by atoms with Gasteiger partial charge in [0.15, 0.2) is 0 Å². The minimum atomic E-state index is -2.08. The Kier molecular flexibility index (Phi) is 1.42. The predicted octanol–water partition coefficient (Wildman–Crippen LogP) is 3.25. The lowest BCUT2D eigenvalue weighted by atomic mass is 10.1. The van der Waals surface area contributed by atoms with Crippen LogP contribution < -0.4 is 0 Å².